The Kier molecular flexibility index (Phi) is 4.79. The quantitative estimate of drug-likeness (QED) is 0.646. The van der Waals surface area contributed by atoms with Crippen LogP contribution < -0.4 is 0 Å². The van der Waals surface area contributed by atoms with Crippen molar-refractivity contribution in [2.75, 3.05) is 13.1 Å². The summed E-state index contributed by atoms with van der Waals surface area (Å²) in [5, 5.41) is 0. The Balaban J connectivity index is 2.34. The first-order chi connectivity index (χ1) is 6.24. The molecular formula is C12H25N. The minimum atomic E-state index is 0.821. The van der Waals surface area contributed by atoms with E-state index in [1.54, 1.807) is 0 Å². The summed E-state index contributed by atoms with van der Waals surface area (Å²) in [6.45, 7) is 9.48. The van der Waals surface area contributed by atoms with Gasteiger partial charge in [-0.05, 0) is 25.3 Å². The van der Waals surface area contributed by atoms with Crippen molar-refractivity contribution in [3.63, 3.8) is 0 Å². The maximum absolute atomic E-state index is 2.68. The number of hydrogen-bond acceptors (Lipinski definition) is 1. The Hall–Kier alpha value is -0.0400. The summed E-state index contributed by atoms with van der Waals surface area (Å²) in [7, 11) is 0. The highest BCUT2D eigenvalue weighted by molar-refractivity contribution is 4.75. The second kappa shape index (κ2) is 5.64. The van der Waals surface area contributed by atoms with Crippen molar-refractivity contribution in [1.82, 2.24) is 4.90 Å². The van der Waals surface area contributed by atoms with Crippen molar-refractivity contribution in [3.05, 3.63) is 0 Å². The van der Waals surface area contributed by atoms with Crippen LogP contribution in [0.25, 0.3) is 0 Å². The fraction of sp³-hybridized carbons (Fsp3) is 1.00. The molecule has 0 aliphatic heterocycles. The molecule has 0 unspecified atom stereocenters. The molecule has 0 aromatic carbocycles. The first-order valence-electron chi connectivity index (χ1n) is 5.98. The van der Waals surface area contributed by atoms with Crippen molar-refractivity contribution < 1.29 is 0 Å². The summed E-state index contributed by atoms with van der Waals surface area (Å²) in [6, 6.07) is 0.904. The molecule has 1 nitrogen and oxygen atoms in total. The topological polar surface area (TPSA) is 3.24 Å². The molecule has 0 atom stereocenters. The van der Waals surface area contributed by atoms with E-state index in [1.807, 2.05) is 0 Å². The largest absolute Gasteiger partial charge is 0.300 e. The van der Waals surface area contributed by atoms with Crippen LogP contribution in [0.15, 0.2) is 0 Å². The zero-order valence-corrected chi connectivity index (χ0v) is 9.55. The fourth-order valence-corrected chi connectivity index (χ4v) is 2.45. The summed E-state index contributed by atoms with van der Waals surface area (Å²) in [4.78, 5) is 2.68. The smallest absolute Gasteiger partial charge is 0.00952 e. The van der Waals surface area contributed by atoms with Crippen LogP contribution in [0.2, 0.25) is 0 Å². The van der Waals surface area contributed by atoms with Gasteiger partial charge in [0, 0.05) is 12.6 Å². The van der Waals surface area contributed by atoms with Gasteiger partial charge in [0.1, 0.15) is 0 Å². The zero-order valence-electron chi connectivity index (χ0n) is 9.55. The molecule has 13 heavy (non-hydrogen) atoms. The summed E-state index contributed by atoms with van der Waals surface area (Å²) in [6.07, 6.45) is 7.27. The third-order valence-corrected chi connectivity index (χ3v) is 3.10. The Labute approximate surface area is 83.5 Å². The van der Waals surface area contributed by atoms with Gasteiger partial charge in [-0.3, -0.25) is 0 Å². The molecule has 1 rings (SSSR count). The summed E-state index contributed by atoms with van der Waals surface area (Å²) in [5.74, 6) is 0.821. The zero-order chi connectivity index (χ0) is 9.68. The second-order valence-corrected chi connectivity index (χ2v) is 4.77. The first-order valence-corrected chi connectivity index (χ1v) is 5.98. The third kappa shape index (κ3) is 3.68. The highest BCUT2D eigenvalue weighted by Crippen LogP contribution is 2.22. The lowest BCUT2D eigenvalue weighted by Crippen LogP contribution is -2.38. The van der Waals surface area contributed by atoms with Gasteiger partial charge >= 0.3 is 0 Å². The van der Waals surface area contributed by atoms with Gasteiger partial charge in [0.15, 0.2) is 0 Å². The average Bonchev–Trinajstić information content (AvgIpc) is 2.15. The predicted octanol–water partition coefficient (Wildman–Crippen LogP) is 3.30. The summed E-state index contributed by atoms with van der Waals surface area (Å²) in [5.41, 5.74) is 0. The van der Waals surface area contributed by atoms with Gasteiger partial charge in [0.2, 0.25) is 0 Å². The summed E-state index contributed by atoms with van der Waals surface area (Å²) < 4.78 is 0. The molecule has 0 aromatic rings. The van der Waals surface area contributed by atoms with Crippen molar-refractivity contribution in [1.29, 1.82) is 0 Å². The van der Waals surface area contributed by atoms with Gasteiger partial charge in [-0.1, -0.05) is 40.0 Å². The molecule has 0 spiro atoms. The highest BCUT2D eigenvalue weighted by atomic mass is 15.1. The van der Waals surface area contributed by atoms with Gasteiger partial charge in [-0.15, -0.1) is 0 Å². The fourth-order valence-electron chi connectivity index (χ4n) is 2.45. The number of nitrogens with zero attached hydrogens (tertiary/aromatic N) is 1. The molecule has 0 heterocycles. The molecule has 0 aromatic heterocycles. The monoisotopic (exact) mass is 183 g/mol. The normalized spacial score (nSPS) is 20.1. The van der Waals surface area contributed by atoms with E-state index in [0.29, 0.717) is 0 Å². The molecule has 1 saturated carbocycles. The van der Waals surface area contributed by atoms with Crippen LogP contribution in [0.4, 0.5) is 0 Å². The molecule has 1 aliphatic rings. The average molecular weight is 183 g/mol. The molecule has 78 valence electrons. The number of hydrogen-bond donors (Lipinski definition) is 0. The van der Waals surface area contributed by atoms with E-state index < -0.39 is 0 Å². The first kappa shape index (κ1) is 11.0. The maximum atomic E-state index is 2.68. The van der Waals surface area contributed by atoms with Crippen LogP contribution >= 0.6 is 0 Å². The Morgan fingerprint density at radius 1 is 1.15 bits per heavy atom. The van der Waals surface area contributed by atoms with Gasteiger partial charge in [0.25, 0.3) is 0 Å². The van der Waals surface area contributed by atoms with Crippen LogP contribution in [0.1, 0.15) is 52.9 Å². The van der Waals surface area contributed by atoms with Crippen molar-refractivity contribution >= 4 is 0 Å². The Morgan fingerprint density at radius 3 is 2.23 bits per heavy atom. The van der Waals surface area contributed by atoms with Crippen LogP contribution in [0.5, 0.6) is 0 Å². The third-order valence-electron chi connectivity index (χ3n) is 3.10. The number of rotatable bonds is 4. The molecule has 1 fully saturated rings. The SMILES string of the molecule is CCN(CC(C)C)C1CCCCC1. The van der Waals surface area contributed by atoms with E-state index in [0.717, 1.165) is 12.0 Å². The molecule has 1 heteroatoms. The van der Waals surface area contributed by atoms with E-state index in [-0.39, 0.29) is 0 Å². The minimum absolute atomic E-state index is 0.821. The lowest BCUT2D eigenvalue weighted by atomic mass is 9.93. The van der Waals surface area contributed by atoms with Crippen LogP contribution in [0.3, 0.4) is 0 Å². The molecule has 0 saturated heterocycles. The van der Waals surface area contributed by atoms with E-state index in [1.165, 1.54) is 45.2 Å². The van der Waals surface area contributed by atoms with Gasteiger partial charge in [-0.2, -0.15) is 0 Å². The van der Waals surface area contributed by atoms with Gasteiger partial charge in [0.05, 0.1) is 0 Å². The lowest BCUT2D eigenvalue weighted by molar-refractivity contribution is 0.147. The molecular weight excluding hydrogens is 158 g/mol. The van der Waals surface area contributed by atoms with Crippen molar-refractivity contribution in [2.24, 2.45) is 5.92 Å². The predicted molar refractivity (Wildman–Crippen MR) is 59.0 cm³/mol. The van der Waals surface area contributed by atoms with Gasteiger partial charge in [-0.25, -0.2) is 0 Å². The van der Waals surface area contributed by atoms with E-state index in [4.69, 9.17) is 0 Å². The van der Waals surface area contributed by atoms with E-state index in [2.05, 4.69) is 25.7 Å². The van der Waals surface area contributed by atoms with Crippen LogP contribution in [0, 0.1) is 5.92 Å². The molecule has 0 bridgehead atoms. The highest BCUT2D eigenvalue weighted by Gasteiger charge is 2.19. The minimum Gasteiger partial charge on any atom is -0.300 e. The van der Waals surface area contributed by atoms with Crippen molar-refractivity contribution in [2.45, 2.75) is 58.9 Å². The van der Waals surface area contributed by atoms with Crippen molar-refractivity contribution in [3.8, 4) is 0 Å². The summed E-state index contributed by atoms with van der Waals surface area (Å²) >= 11 is 0. The van der Waals surface area contributed by atoms with Gasteiger partial charge < -0.3 is 4.90 Å². The van der Waals surface area contributed by atoms with E-state index in [9.17, 15) is 0 Å². The molecule has 0 radical (unpaired) electrons. The molecule has 0 amide bonds. The Bertz CT molecular complexity index is 125. The second-order valence-electron chi connectivity index (χ2n) is 4.77. The standard InChI is InChI=1S/C12H25N/c1-4-13(10-11(2)3)12-8-6-5-7-9-12/h11-12H,4-10H2,1-3H3. The molecule has 0 N–H and O–H groups in total. The van der Waals surface area contributed by atoms with E-state index >= 15 is 0 Å². The van der Waals surface area contributed by atoms with Crippen LogP contribution in [-0.4, -0.2) is 24.0 Å². The Morgan fingerprint density at radius 2 is 1.77 bits per heavy atom. The maximum Gasteiger partial charge on any atom is 0.00952 e. The van der Waals surface area contributed by atoms with Crippen LogP contribution in [-0.2, 0) is 0 Å². The molecule has 1 aliphatic carbocycles. The lowest BCUT2D eigenvalue weighted by Gasteiger charge is -2.34.